The molecule has 0 bridgehead atoms. The third-order valence-corrected chi connectivity index (χ3v) is 2.53. The lowest BCUT2D eigenvalue weighted by molar-refractivity contribution is -0.384. The van der Waals surface area contributed by atoms with E-state index in [1.54, 1.807) is 26.8 Å². The third-order valence-electron chi connectivity index (χ3n) is 2.53. The second kappa shape index (κ2) is 4.53. The van der Waals surface area contributed by atoms with Crippen LogP contribution >= 0.6 is 0 Å². The number of nitrogens with zero attached hydrogens (tertiary/aromatic N) is 1. The molecule has 92 valence electrons. The molecule has 0 heterocycles. The van der Waals surface area contributed by atoms with E-state index >= 15 is 0 Å². The Balaban J connectivity index is 3.25. The fourth-order valence-electron chi connectivity index (χ4n) is 1.83. The molecule has 0 amide bonds. The van der Waals surface area contributed by atoms with E-state index in [9.17, 15) is 20.0 Å². The molecule has 0 aliphatic carbocycles. The van der Waals surface area contributed by atoms with Gasteiger partial charge < -0.3 is 5.11 Å². The molecular formula is C12H15NO4. The quantitative estimate of drug-likeness (QED) is 0.647. The van der Waals surface area contributed by atoms with Gasteiger partial charge in [0.05, 0.1) is 10.8 Å². The highest BCUT2D eigenvalue weighted by atomic mass is 16.6. The number of benzene rings is 1. The van der Waals surface area contributed by atoms with Crippen LogP contribution in [-0.2, 0) is 4.79 Å². The van der Waals surface area contributed by atoms with Gasteiger partial charge in [-0.2, -0.15) is 0 Å². The van der Waals surface area contributed by atoms with Gasteiger partial charge in [-0.05, 0) is 11.0 Å². The van der Waals surface area contributed by atoms with Gasteiger partial charge in [-0.3, -0.25) is 14.9 Å². The van der Waals surface area contributed by atoms with Gasteiger partial charge in [0.15, 0.2) is 0 Å². The summed E-state index contributed by atoms with van der Waals surface area (Å²) in [6.07, 6.45) is 0. The van der Waals surface area contributed by atoms with Crippen molar-refractivity contribution in [2.75, 3.05) is 0 Å². The highest BCUT2D eigenvalue weighted by molar-refractivity contribution is 5.77. The van der Waals surface area contributed by atoms with E-state index in [4.69, 9.17) is 0 Å². The Morgan fingerprint density at radius 1 is 1.41 bits per heavy atom. The number of nitro benzene ring substituents is 1. The number of carbonyl (C=O) groups is 1. The molecule has 1 aromatic carbocycles. The van der Waals surface area contributed by atoms with Crippen molar-refractivity contribution in [2.45, 2.75) is 26.7 Å². The Morgan fingerprint density at radius 2 is 2.00 bits per heavy atom. The molecule has 0 fully saturated rings. The van der Waals surface area contributed by atoms with Gasteiger partial charge in [-0.15, -0.1) is 0 Å². The Kier molecular flexibility index (Phi) is 3.50. The number of rotatable bonds is 3. The lowest BCUT2D eigenvalue weighted by Crippen LogP contribution is -2.26. The van der Waals surface area contributed by atoms with E-state index in [1.165, 1.54) is 18.2 Å². The zero-order valence-electron chi connectivity index (χ0n) is 10.0. The molecule has 0 saturated carbocycles. The van der Waals surface area contributed by atoms with E-state index in [0.717, 1.165) is 0 Å². The van der Waals surface area contributed by atoms with Crippen LogP contribution in [0.3, 0.4) is 0 Å². The normalized spacial score (nSPS) is 13.1. The first-order chi connectivity index (χ1) is 7.73. The highest BCUT2D eigenvalue weighted by Gasteiger charge is 2.33. The van der Waals surface area contributed by atoms with Crippen molar-refractivity contribution in [1.82, 2.24) is 0 Å². The molecule has 1 atom stereocenters. The molecular weight excluding hydrogens is 222 g/mol. The fourth-order valence-corrected chi connectivity index (χ4v) is 1.83. The Bertz CT molecular complexity index is 448. The largest absolute Gasteiger partial charge is 0.481 e. The molecule has 0 aromatic heterocycles. The lowest BCUT2D eigenvalue weighted by Gasteiger charge is -2.27. The van der Waals surface area contributed by atoms with E-state index in [2.05, 4.69) is 0 Å². The predicted molar refractivity (Wildman–Crippen MR) is 62.9 cm³/mol. The second-order valence-electron chi connectivity index (χ2n) is 4.99. The fraction of sp³-hybridized carbons (Fsp3) is 0.417. The van der Waals surface area contributed by atoms with Crippen LogP contribution in [-0.4, -0.2) is 16.0 Å². The van der Waals surface area contributed by atoms with Crippen LogP contribution in [0.25, 0.3) is 0 Å². The summed E-state index contributed by atoms with van der Waals surface area (Å²) in [5.74, 6) is -1.74. The Labute approximate surface area is 99.2 Å². The molecule has 5 heteroatoms. The molecule has 0 saturated heterocycles. The summed E-state index contributed by atoms with van der Waals surface area (Å²) in [7, 11) is 0. The summed E-state index contributed by atoms with van der Waals surface area (Å²) < 4.78 is 0. The molecule has 1 aromatic rings. The lowest BCUT2D eigenvalue weighted by atomic mass is 9.76. The van der Waals surface area contributed by atoms with Crippen molar-refractivity contribution >= 4 is 11.7 Å². The number of non-ortho nitro benzene ring substituents is 1. The van der Waals surface area contributed by atoms with Gasteiger partial charge in [0.2, 0.25) is 0 Å². The molecule has 1 N–H and O–H groups in total. The zero-order chi connectivity index (χ0) is 13.2. The van der Waals surface area contributed by atoms with Crippen molar-refractivity contribution in [3.8, 4) is 0 Å². The molecule has 17 heavy (non-hydrogen) atoms. The number of hydrogen-bond acceptors (Lipinski definition) is 3. The monoisotopic (exact) mass is 237 g/mol. The van der Waals surface area contributed by atoms with Gasteiger partial charge >= 0.3 is 5.97 Å². The van der Waals surface area contributed by atoms with Gasteiger partial charge in [0, 0.05) is 12.1 Å². The van der Waals surface area contributed by atoms with Crippen molar-refractivity contribution in [1.29, 1.82) is 0 Å². The zero-order valence-corrected chi connectivity index (χ0v) is 10.0. The second-order valence-corrected chi connectivity index (χ2v) is 4.99. The summed E-state index contributed by atoms with van der Waals surface area (Å²) in [4.78, 5) is 21.4. The molecule has 1 rings (SSSR count). The number of aliphatic carboxylic acids is 1. The van der Waals surface area contributed by atoms with E-state index in [1.807, 2.05) is 0 Å². The van der Waals surface area contributed by atoms with Crippen LogP contribution in [0.5, 0.6) is 0 Å². The van der Waals surface area contributed by atoms with Crippen LogP contribution in [0.4, 0.5) is 5.69 Å². The van der Waals surface area contributed by atoms with E-state index in [0.29, 0.717) is 5.56 Å². The minimum atomic E-state index is -0.974. The summed E-state index contributed by atoms with van der Waals surface area (Å²) in [5, 5.41) is 19.9. The first-order valence-electron chi connectivity index (χ1n) is 5.20. The van der Waals surface area contributed by atoms with Gasteiger partial charge in [-0.1, -0.05) is 32.9 Å². The van der Waals surface area contributed by atoms with E-state index in [-0.39, 0.29) is 5.69 Å². The summed E-state index contributed by atoms with van der Waals surface area (Å²) in [6, 6.07) is 5.79. The summed E-state index contributed by atoms with van der Waals surface area (Å²) >= 11 is 0. The van der Waals surface area contributed by atoms with Gasteiger partial charge in [0.25, 0.3) is 5.69 Å². The molecule has 0 aliphatic heterocycles. The Hall–Kier alpha value is -1.91. The predicted octanol–water partition coefficient (Wildman–Crippen LogP) is 2.81. The van der Waals surface area contributed by atoms with Crippen LogP contribution in [0.15, 0.2) is 24.3 Å². The summed E-state index contributed by atoms with van der Waals surface area (Å²) in [6.45, 7) is 5.39. The number of nitro groups is 1. The third kappa shape index (κ3) is 3.03. The van der Waals surface area contributed by atoms with Crippen LogP contribution in [0.1, 0.15) is 32.3 Å². The average molecular weight is 237 g/mol. The van der Waals surface area contributed by atoms with Gasteiger partial charge in [0.1, 0.15) is 0 Å². The van der Waals surface area contributed by atoms with E-state index < -0.39 is 22.2 Å². The SMILES string of the molecule is CC(C)(C)C(C(=O)O)c1cccc([N+](=O)[O-])c1. The molecule has 1 unspecified atom stereocenters. The molecule has 0 aliphatic rings. The maximum Gasteiger partial charge on any atom is 0.311 e. The maximum atomic E-state index is 11.3. The minimum Gasteiger partial charge on any atom is -0.481 e. The topological polar surface area (TPSA) is 80.4 Å². The molecule has 5 nitrogen and oxygen atoms in total. The smallest absolute Gasteiger partial charge is 0.311 e. The first-order valence-corrected chi connectivity index (χ1v) is 5.20. The number of carboxylic acids is 1. The average Bonchev–Trinajstić information content (AvgIpc) is 2.15. The minimum absolute atomic E-state index is 0.0852. The van der Waals surface area contributed by atoms with Crippen molar-refractivity contribution in [3.05, 3.63) is 39.9 Å². The van der Waals surface area contributed by atoms with Crippen LogP contribution in [0, 0.1) is 15.5 Å². The van der Waals surface area contributed by atoms with Crippen LogP contribution < -0.4 is 0 Å². The maximum absolute atomic E-state index is 11.3. The van der Waals surface area contributed by atoms with Gasteiger partial charge in [-0.25, -0.2) is 0 Å². The van der Waals surface area contributed by atoms with Crippen LogP contribution in [0.2, 0.25) is 0 Å². The Morgan fingerprint density at radius 3 is 2.41 bits per heavy atom. The highest BCUT2D eigenvalue weighted by Crippen LogP contribution is 2.36. The number of carboxylic acid groups (broad SMARTS) is 1. The molecule has 0 radical (unpaired) electrons. The molecule has 0 spiro atoms. The first kappa shape index (κ1) is 13.2. The number of hydrogen-bond donors (Lipinski definition) is 1. The van der Waals surface area contributed by atoms with Crippen molar-refractivity contribution in [3.63, 3.8) is 0 Å². The van der Waals surface area contributed by atoms with Crippen molar-refractivity contribution < 1.29 is 14.8 Å². The van der Waals surface area contributed by atoms with Crippen molar-refractivity contribution in [2.24, 2.45) is 5.41 Å². The summed E-state index contributed by atoms with van der Waals surface area (Å²) in [5.41, 5.74) is -0.127. The standard InChI is InChI=1S/C12H15NO4/c1-12(2,3)10(11(14)15)8-5-4-6-9(7-8)13(16)17/h4-7,10H,1-3H3,(H,14,15).